The number of benzene rings is 2. The summed E-state index contributed by atoms with van der Waals surface area (Å²) in [6, 6.07) is 16.7. The largest absolute Gasteiger partial charge is 0.464 e. The maximum atomic E-state index is 12.5. The third kappa shape index (κ3) is 4.58. The third-order valence-electron chi connectivity index (χ3n) is 4.58. The topological polar surface area (TPSA) is 93.1 Å². The minimum Gasteiger partial charge on any atom is -0.464 e. The van der Waals surface area contributed by atoms with Gasteiger partial charge in [0.15, 0.2) is 11.2 Å². The van der Waals surface area contributed by atoms with Crippen molar-refractivity contribution in [1.82, 2.24) is 0 Å². The van der Waals surface area contributed by atoms with E-state index in [1.807, 2.05) is 0 Å². The summed E-state index contributed by atoms with van der Waals surface area (Å²) in [5.74, 6) is -1.67. The summed E-state index contributed by atoms with van der Waals surface area (Å²) in [5.41, 5.74) is -3.36. The molecule has 0 saturated heterocycles. The van der Waals surface area contributed by atoms with Crippen LogP contribution < -0.4 is 0 Å². The zero-order chi connectivity index (χ0) is 20.6. The zero-order valence-electron chi connectivity index (χ0n) is 16.1. The van der Waals surface area contributed by atoms with Gasteiger partial charge in [-0.25, -0.2) is 9.59 Å². The van der Waals surface area contributed by atoms with Crippen LogP contribution in [0.4, 0.5) is 0 Å². The molecule has 0 radical (unpaired) electrons. The molecule has 0 heterocycles. The summed E-state index contributed by atoms with van der Waals surface area (Å²) in [4.78, 5) is 25.1. The van der Waals surface area contributed by atoms with E-state index in [1.165, 1.54) is 0 Å². The standard InChI is InChI=1S/C22H26O6/c1-3-27-19(23)21(25,17-11-7-5-8-12-17)15-16-22(26,20(24)28-4-2)18-13-9-6-10-14-18/h5-14,25-26H,3-4,15-16H2,1-2H3. The first-order valence-corrected chi connectivity index (χ1v) is 9.28. The molecule has 2 atom stereocenters. The Morgan fingerprint density at radius 3 is 1.32 bits per heavy atom. The van der Waals surface area contributed by atoms with E-state index >= 15 is 0 Å². The molecular weight excluding hydrogens is 360 g/mol. The number of ether oxygens (including phenoxy) is 2. The van der Waals surface area contributed by atoms with Gasteiger partial charge in [0.25, 0.3) is 0 Å². The normalized spacial score (nSPS) is 15.1. The van der Waals surface area contributed by atoms with Gasteiger partial charge < -0.3 is 19.7 Å². The minimum absolute atomic E-state index is 0.0921. The van der Waals surface area contributed by atoms with Gasteiger partial charge >= 0.3 is 11.9 Å². The fraction of sp³-hybridized carbons (Fsp3) is 0.364. The fourth-order valence-corrected chi connectivity index (χ4v) is 3.02. The molecule has 0 aliphatic rings. The van der Waals surface area contributed by atoms with Crippen LogP contribution >= 0.6 is 0 Å². The van der Waals surface area contributed by atoms with E-state index in [0.717, 1.165) is 0 Å². The van der Waals surface area contributed by atoms with Crippen molar-refractivity contribution in [1.29, 1.82) is 0 Å². The Kier molecular flexibility index (Phi) is 7.31. The average Bonchev–Trinajstić information content (AvgIpc) is 2.73. The first kappa shape index (κ1) is 21.6. The highest BCUT2D eigenvalue weighted by Crippen LogP contribution is 2.35. The van der Waals surface area contributed by atoms with Gasteiger partial charge in [0.2, 0.25) is 0 Å². The maximum Gasteiger partial charge on any atom is 0.342 e. The monoisotopic (exact) mass is 386 g/mol. The van der Waals surface area contributed by atoms with E-state index in [9.17, 15) is 19.8 Å². The van der Waals surface area contributed by atoms with E-state index in [1.54, 1.807) is 74.5 Å². The molecule has 2 rings (SSSR count). The number of carbonyl (C=O) groups is 2. The Morgan fingerprint density at radius 1 is 0.714 bits per heavy atom. The Morgan fingerprint density at radius 2 is 1.04 bits per heavy atom. The van der Waals surface area contributed by atoms with Crippen molar-refractivity contribution in [3.63, 3.8) is 0 Å². The Balaban J connectivity index is 2.39. The van der Waals surface area contributed by atoms with Crippen LogP contribution in [0.15, 0.2) is 60.7 Å². The number of hydrogen-bond acceptors (Lipinski definition) is 6. The molecule has 28 heavy (non-hydrogen) atoms. The van der Waals surface area contributed by atoms with Crippen LogP contribution in [0.1, 0.15) is 37.8 Å². The molecule has 0 amide bonds. The fourth-order valence-electron chi connectivity index (χ4n) is 3.02. The smallest absolute Gasteiger partial charge is 0.342 e. The second-order valence-electron chi connectivity index (χ2n) is 6.39. The van der Waals surface area contributed by atoms with E-state index in [4.69, 9.17) is 9.47 Å². The molecule has 6 nitrogen and oxygen atoms in total. The molecule has 6 heteroatoms. The number of aliphatic hydroxyl groups is 2. The van der Waals surface area contributed by atoms with Crippen LogP contribution in [-0.4, -0.2) is 35.4 Å². The van der Waals surface area contributed by atoms with Crippen LogP contribution in [-0.2, 0) is 30.3 Å². The molecule has 150 valence electrons. The van der Waals surface area contributed by atoms with Crippen molar-refractivity contribution < 1.29 is 29.3 Å². The van der Waals surface area contributed by atoms with Gasteiger partial charge in [-0.3, -0.25) is 0 Å². The average molecular weight is 386 g/mol. The molecule has 2 N–H and O–H groups in total. The van der Waals surface area contributed by atoms with Gasteiger partial charge in [0, 0.05) is 0 Å². The van der Waals surface area contributed by atoms with Crippen molar-refractivity contribution in [3.8, 4) is 0 Å². The predicted molar refractivity (Wildman–Crippen MR) is 103 cm³/mol. The summed E-state index contributed by atoms with van der Waals surface area (Å²) in [7, 11) is 0. The Bertz CT molecular complexity index is 709. The number of carbonyl (C=O) groups excluding carboxylic acids is 2. The van der Waals surface area contributed by atoms with Crippen molar-refractivity contribution >= 4 is 11.9 Å². The van der Waals surface area contributed by atoms with Gasteiger partial charge in [-0.2, -0.15) is 0 Å². The van der Waals surface area contributed by atoms with Crippen LogP contribution in [0.5, 0.6) is 0 Å². The summed E-state index contributed by atoms with van der Waals surface area (Å²) < 4.78 is 10.1. The summed E-state index contributed by atoms with van der Waals surface area (Å²) in [6.07, 6.45) is -0.472. The van der Waals surface area contributed by atoms with Crippen molar-refractivity contribution in [2.45, 2.75) is 37.9 Å². The van der Waals surface area contributed by atoms with Crippen molar-refractivity contribution in [3.05, 3.63) is 71.8 Å². The van der Waals surface area contributed by atoms with Gasteiger partial charge in [-0.05, 0) is 37.8 Å². The maximum absolute atomic E-state index is 12.5. The van der Waals surface area contributed by atoms with Gasteiger partial charge in [-0.1, -0.05) is 60.7 Å². The first-order chi connectivity index (χ1) is 13.4. The quantitative estimate of drug-likeness (QED) is 0.644. The van der Waals surface area contributed by atoms with E-state index in [-0.39, 0.29) is 26.1 Å². The summed E-state index contributed by atoms with van der Waals surface area (Å²) >= 11 is 0. The third-order valence-corrected chi connectivity index (χ3v) is 4.58. The molecule has 0 fully saturated rings. The van der Waals surface area contributed by atoms with E-state index in [2.05, 4.69) is 0 Å². The van der Waals surface area contributed by atoms with Gasteiger partial charge in [-0.15, -0.1) is 0 Å². The molecule has 0 saturated carbocycles. The lowest BCUT2D eigenvalue weighted by Crippen LogP contribution is -2.43. The molecule has 2 unspecified atom stereocenters. The highest BCUT2D eigenvalue weighted by Gasteiger charge is 2.46. The van der Waals surface area contributed by atoms with Crippen LogP contribution in [0, 0.1) is 0 Å². The summed E-state index contributed by atoms with van der Waals surface area (Å²) in [5, 5.41) is 22.3. The van der Waals surface area contributed by atoms with Gasteiger partial charge in [0.1, 0.15) is 0 Å². The van der Waals surface area contributed by atoms with E-state index < -0.39 is 23.1 Å². The number of hydrogen-bond donors (Lipinski definition) is 2. The second-order valence-corrected chi connectivity index (χ2v) is 6.39. The molecule has 0 aromatic heterocycles. The van der Waals surface area contributed by atoms with Crippen LogP contribution in [0.25, 0.3) is 0 Å². The van der Waals surface area contributed by atoms with Crippen molar-refractivity contribution in [2.24, 2.45) is 0 Å². The molecule has 0 aliphatic carbocycles. The molecule has 0 spiro atoms. The number of rotatable bonds is 9. The number of esters is 2. The van der Waals surface area contributed by atoms with Crippen molar-refractivity contribution in [2.75, 3.05) is 13.2 Å². The molecule has 0 bridgehead atoms. The molecule has 2 aromatic rings. The Hall–Kier alpha value is -2.70. The highest BCUT2D eigenvalue weighted by molar-refractivity contribution is 5.83. The van der Waals surface area contributed by atoms with Crippen LogP contribution in [0.2, 0.25) is 0 Å². The SMILES string of the molecule is CCOC(=O)C(O)(CCC(O)(C(=O)OCC)c1ccccc1)c1ccccc1. The molecule has 2 aromatic carbocycles. The molecule has 0 aliphatic heterocycles. The Labute approximate surface area is 164 Å². The second kappa shape index (κ2) is 9.48. The zero-order valence-corrected chi connectivity index (χ0v) is 16.1. The van der Waals surface area contributed by atoms with Crippen LogP contribution in [0.3, 0.4) is 0 Å². The summed E-state index contributed by atoms with van der Waals surface area (Å²) in [6.45, 7) is 3.47. The highest BCUT2D eigenvalue weighted by atomic mass is 16.6. The van der Waals surface area contributed by atoms with Gasteiger partial charge in [0.05, 0.1) is 13.2 Å². The lowest BCUT2D eigenvalue weighted by atomic mass is 9.81. The van der Waals surface area contributed by atoms with E-state index in [0.29, 0.717) is 11.1 Å². The lowest BCUT2D eigenvalue weighted by Gasteiger charge is -2.31. The first-order valence-electron chi connectivity index (χ1n) is 9.28. The lowest BCUT2D eigenvalue weighted by molar-refractivity contribution is -0.175. The minimum atomic E-state index is -2.01. The molecular formula is C22H26O6. The predicted octanol–water partition coefficient (Wildman–Crippen LogP) is 2.67.